The van der Waals surface area contributed by atoms with Crippen LogP contribution >= 0.6 is 0 Å². The van der Waals surface area contributed by atoms with Crippen molar-refractivity contribution >= 4 is 0 Å². The lowest BCUT2D eigenvalue weighted by Gasteiger charge is -2.34. The summed E-state index contributed by atoms with van der Waals surface area (Å²) in [5.74, 6) is 0.698. The predicted molar refractivity (Wildman–Crippen MR) is 66.0 cm³/mol. The van der Waals surface area contributed by atoms with Crippen molar-refractivity contribution in [1.82, 2.24) is 10.2 Å². The smallest absolute Gasteiger partial charge is 0.0169 e. The molecule has 0 amide bonds. The molecular weight excluding hydrogens is 186 g/mol. The van der Waals surface area contributed by atoms with Gasteiger partial charge >= 0.3 is 0 Å². The van der Waals surface area contributed by atoms with Crippen LogP contribution in [0.2, 0.25) is 0 Å². The predicted octanol–water partition coefficient (Wildman–Crippen LogP) is 1.04. The lowest BCUT2D eigenvalue weighted by atomic mass is 9.84. The Bertz CT molecular complexity index is 170. The van der Waals surface area contributed by atoms with Crippen molar-refractivity contribution < 1.29 is 0 Å². The van der Waals surface area contributed by atoms with Crippen LogP contribution in [-0.2, 0) is 0 Å². The average molecular weight is 213 g/mol. The lowest BCUT2D eigenvalue weighted by Crippen LogP contribution is -2.48. The van der Waals surface area contributed by atoms with Crippen molar-refractivity contribution in [2.75, 3.05) is 27.2 Å². The molecule has 0 heterocycles. The molecular formula is C12H27N3. The monoisotopic (exact) mass is 213 g/mol. The molecule has 1 aliphatic carbocycles. The van der Waals surface area contributed by atoms with E-state index < -0.39 is 0 Å². The van der Waals surface area contributed by atoms with Crippen LogP contribution in [0.4, 0.5) is 0 Å². The highest BCUT2D eigenvalue weighted by atomic mass is 15.1. The zero-order valence-corrected chi connectivity index (χ0v) is 10.5. The van der Waals surface area contributed by atoms with Crippen LogP contribution in [0.15, 0.2) is 0 Å². The Labute approximate surface area is 94.4 Å². The number of hydrogen-bond acceptors (Lipinski definition) is 3. The van der Waals surface area contributed by atoms with E-state index in [4.69, 9.17) is 5.73 Å². The third-order valence-corrected chi connectivity index (χ3v) is 3.35. The maximum absolute atomic E-state index is 5.82. The summed E-state index contributed by atoms with van der Waals surface area (Å²) in [6.07, 6.45) is 5.34. The molecule has 3 heteroatoms. The number of nitrogens with two attached hydrogens (primary N) is 1. The van der Waals surface area contributed by atoms with Gasteiger partial charge in [0.05, 0.1) is 0 Å². The molecule has 1 rings (SSSR count). The van der Waals surface area contributed by atoms with E-state index in [0.29, 0.717) is 18.0 Å². The van der Waals surface area contributed by atoms with Gasteiger partial charge in [0, 0.05) is 18.6 Å². The number of hydrogen-bond donors (Lipinski definition) is 2. The summed E-state index contributed by atoms with van der Waals surface area (Å²) < 4.78 is 0. The van der Waals surface area contributed by atoms with Crippen LogP contribution in [0, 0.1) is 5.92 Å². The second-order valence-corrected chi connectivity index (χ2v) is 5.22. The van der Waals surface area contributed by atoms with Crippen molar-refractivity contribution in [1.29, 1.82) is 0 Å². The Hall–Kier alpha value is -0.120. The van der Waals surface area contributed by atoms with Gasteiger partial charge in [-0.15, -0.1) is 0 Å². The highest BCUT2D eigenvalue weighted by Crippen LogP contribution is 2.23. The number of nitrogens with zero attached hydrogens (tertiary/aromatic N) is 1. The highest BCUT2D eigenvalue weighted by molar-refractivity contribution is 4.83. The molecule has 0 aromatic rings. The van der Waals surface area contributed by atoms with Gasteiger partial charge in [-0.05, 0) is 46.3 Å². The first-order chi connectivity index (χ1) is 7.13. The van der Waals surface area contributed by atoms with Gasteiger partial charge in [0.25, 0.3) is 0 Å². The fourth-order valence-corrected chi connectivity index (χ4v) is 2.68. The Morgan fingerprint density at radius 1 is 1.33 bits per heavy atom. The molecule has 15 heavy (non-hydrogen) atoms. The van der Waals surface area contributed by atoms with E-state index in [1.807, 2.05) is 0 Å². The SMILES string of the molecule is CC(CN(C)C)NC1CCCCC1CN. The summed E-state index contributed by atoms with van der Waals surface area (Å²) in [6, 6.07) is 1.22. The molecule has 3 N–H and O–H groups in total. The number of nitrogens with one attached hydrogen (secondary N) is 1. The van der Waals surface area contributed by atoms with Gasteiger partial charge in [-0.25, -0.2) is 0 Å². The van der Waals surface area contributed by atoms with Crippen LogP contribution in [-0.4, -0.2) is 44.2 Å². The molecule has 0 aromatic carbocycles. The Morgan fingerprint density at radius 2 is 2.00 bits per heavy atom. The minimum absolute atomic E-state index is 0.567. The fourth-order valence-electron chi connectivity index (χ4n) is 2.68. The van der Waals surface area contributed by atoms with Crippen LogP contribution in [0.3, 0.4) is 0 Å². The minimum Gasteiger partial charge on any atom is -0.330 e. The van der Waals surface area contributed by atoms with Crippen molar-refractivity contribution in [2.24, 2.45) is 11.7 Å². The molecule has 3 unspecified atom stereocenters. The first-order valence-corrected chi connectivity index (χ1v) is 6.24. The number of likely N-dealkylation sites (N-methyl/N-ethyl adjacent to an activating group) is 1. The summed E-state index contributed by atoms with van der Waals surface area (Å²) in [6.45, 7) is 4.21. The maximum atomic E-state index is 5.82. The van der Waals surface area contributed by atoms with E-state index >= 15 is 0 Å². The summed E-state index contributed by atoms with van der Waals surface area (Å²) in [7, 11) is 4.25. The van der Waals surface area contributed by atoms with Gasteiger partial charge in [-0.2, -0.15) is 0 Å². The Morgan fingerprint density at radius 3 is 2.60 bits per heavy atom. The van der Waals surface area contributed by atoms with E-state index in [2.05, 4.69) is 31.2 Å². The van der Waals surface area contributed by atoms with E-state index in [0.717, 1.165) is 13.1 Å². The standard InChI is InChI=1S/C12H27N3/c1-10(9-15(2)3)14-12-7-5-4-6-11(12)8-13/h10-12,14H,4-9,13H2,1-3H3. The van der Waals surface area contributed by atoms with Crippen LogP contribution in [0.25, 0.3) is 0 Å². The molecule has 1 saturated carbocycles. The molecule has 1 fully saturated rings. The molecule has 0 radical (unpaired) electrons. The third kappa shape index (κ3) is 4.49. The third-order valence-electron chi connectivity index (χ3n) is 3.35. The molecule has 3 nitrogen and oxygen atoms in total. The fraction of sp³-hybridized carbons (Fsp3) is 1.00. The molecule has 0 aromatic heterocycles. The summed E-state index contributed by atoms with van der Waals surface area (Å²) in [5.41, 5.74) is 5.82. The quantitative estimate of drug-likeness (QED) is 0.717. The van der Waals surface area contributed by atoms with Crippen molar-refractivity contribution in [2.45, 2.75) is 44.7 Å². The normalized spacial score (nSPS) is 29.4. The van der Waals surface area contributed by atoms with Gasteiger partial charge in [-0.1, -0.05) is 12.8 Å². The van der Waals surface area contributed by atoms with Crippen molar-refractivity contribution in [3.8, 4) is 0 Å². The molecule has 0 bridgehead atoms. The Balaban J connectivity index is 2.33. The second kappa shape index (κ2) is 6.46. The largest absolute Gasteiger partial charge is 0.330 e. The zero-order valence-electron chi connectivity index (χ0n) is 10.5. The summed E-state index contributed by atoms with van der Waals surface area (Å²) in [4.78, 5) is 2.23. The van der Waals surface area contributed by atoms with Gasteiger partial charge in [-0.3, -0.25) is 0 Å². The van der Waals surface area contributed by atoms with Gasteiger partial charge in [0.2, 0.25) is 0 Å². The van der Waals surface area contributed by atoms with Gasteiger partial charge < -0.3 is 16.0 Å². The van der Waals surface area contributed by atoms with Crippen molar-refractivity contribution in [3.63, 3.8) is 0 Å². The van der Waals surface area contributed by atoms with E-state index in [1.165, 1.54) is 25.7 Å². The summed E-state index contributed by atoms with van der Waals surface area (Å²) >= 11 is 0. The molecule has 0 spiro atoms. The van der Waals surface area contributed by atoms with Crippen molar-refractivity contribution in [3.05, 3.63) is 0 Å². The first-order valence-electron chi connectivity index (χ1n) is 6.24. The van der Waals surface area contributed by atoms with E-state index in [9.17, 15) is 0 Å². The molecule has 0 aliphatic heterocycles. The molecule has 90 valence electrons. The van der Waals surface area contributed by atoms with E-state index in [-0.39, 0.29) is 0 Å². The average Bonchev–Trinajstić information content (AvgIpc) is 2.17. The molecule has 1 aliphatic rings. The van der Waals surface area contributed by atoms with Gasteiger partial charge in [0.1, 0.15) is 0 Å². The molecule has 3 atom stereocenters. The van der Waals surface area contributed by atoms with Crippen LogP contribution in [0.1, 0.15) is 32.6 Å². The summed E-state index contributed by atoms with van der Waals surface area (Å²) in [5, 5.41) is 3.73. The second-order valence-electron chi connectivity index (χ2n) is 5.22. The molecule has 0 saturated heterocycles. The zero-order chi connectivity index (χ0) is 11.3. The van der Waals surface area contributed by atoms with E-state index in [1.54, 1.807) is 0 Å². The minimum atomic E-state index is 0.567. The topological polar surface area (TPSA) is 41.3 Å². The number of rotatable bonds is 5. The highest BCUT2D eigenvalue weighted by Gasteiger charge is 2.24. The van der Waals surface area contributed by atoms with Crippen LogP contribution < -0.4 is 11.1 Å². The van der Waals surface area contributed by atoms with Gasteiger partial charge in [0.15, 0.2) is 0 Å². The van der Waals surface area contributed by atoms with Crippen LogP contribution in [0.5, 0.6) is 0 Å². The maximum Gasteiger partial charge on any atom is 0.0169 e. The first kappa shape index (κ1) is 12.9. The Kier molecular flexibility index (Phi) is 5.58. The lowest BCUT2D eigenvalue weighted by molar-refractivity contribution is 0.233.